The first-order chi connectivity index (χ1) is 13.2. The average Bonchev–Trinajstić information content (AvgIpc) is 3.24. The fraction of sp³-hybridized carbons (Fsp3) is 0.636. The molecule has 6 nitrogen and oxygen atoms in total. The highest BCUT2D eigenvalue weighted by Gasteiger charge is 2.58. The summed E-state index contributed by atoms with van der Waals surface area (Å²) in [4.78, 5) is 27.3. The Labute approximate surface area is 167 Å². The van der Waals surface area contributed by atoms with Crippen LogP contribution in [0, 0.1) is 11.8 Å². The van der Waals surface area contributed by atoms with Crippen molar-refractivity contribution < 1.29 is 19.1 Å². The molecule has 28 heavy (non-hydrogen) atoms. The van der Waals surface area contributed by atoms with Gasteiger partial charge in [0.25, 0.3) is 0 Å². The lowest BCUT2D eigenvalue weighted by Gasteiger charge is -2.29. The minimum atomic E-state index is -0.546. The van der Waals surface area contributed by atoms with E-state index < -0.39 is 11.7 Å². The van der Waals surface area contributed by atoms with Crippen LogP contribution in [0.5, 0.6) is 0 Å². The fourth-order valence-electron chi connectivity index (χ4n) is 4.13. The molecule has 1 aromatic carbocycles. The lowest BCUT2D eigenvalue weighted by Crippen LogP contribution is -2.48. The molecule has 1 aromatic rings. The first-order valence-corrected chi connectivity index (χ1v) is 10.2. The van der Waals surface area contributed by atoms with E-state index in [-0.39, 0.29) is 23.3 Å². The van der Waals surface area contributed by atoms with Crippen LogP contribution in [0.3, 0.4) is 0 Å². The van der Waals surface area contributed by atoms with Gasteiger partial charge in [-0.2, -0.15) is 0 Å². The van der Waals surface area contributed by atoms with Crippen molar-refractivity contribution in [1.29, 1.82) is 0 Å². The van der Waals surface area contributed by atoms with Gasteiger partial charge in [-0.3, -0.25) is 9.69 Å². The van der Waals surface area contributed by atoms with Gasteiger partial charge >= 0.3 is 12.1 Å². The maximum Gasteiger partial charge on any atom is 0.408 e. The molecular formula is C22H32N2O4. The summed E-state index contributed by atoms with van der Waals surface area (Å²) in [5.74, 6) is -0.371. The summed E-state index contributed by atoms with van der Waals surface area (Å²) in [5, 5.41) is 3.08. The summed E-state index contributed by atoms with van der Waals surface area (Å²) in [6, 6.07) is 10.2. The van der Waals surface area contributed by atoms with Gasteiger partial charge in [-0.15, -0.1) is 0 Å². The first-order valence-electron chi connectivity index (χ1n) is 10.2. The topological polar surface area (TPSA) is 67.9 Å². The molecule has 1 aliphatic heterocycles. The molecule has 1 aliphatic carbocycles. The molecule has 154 valence electrons. The molecule has 0 spiro atoms. The summed E-state index contributed by atoms with van der Waals surface area (Å²) in [6.45, 7) is 9.95. The number of hydrogen-bond donors (Lipinski definition) is 1. The van der Waals surface area contributed by atoms with Crippen LogP contribution in [-0.4, -0.2) is 47.8 Å². The minimum absolute atomic E-state index is 0.0304. The molecule has 1 amide bonds. The zero-order valence-corrected chi connectivity index (χ0v) is 17.4. The van der Waals surface area contributed by atoms with E-state index in [0.717, 1.165) is 25.9 Å². The van der Waals surface area contributed by atoms with E-state index >= 15 is 0 Å². The van der Waals surface area contributed by atoms with E-state index in [0.29, 0.717) is 13.2 Å². The van der Waals surface area contributed by atoms with Gasteiger partial charge < -0.3 is 14.8 Å². The Hall–Kier alpha value is -2.08. The SMILES string of the molecule is CCOC(=O)[C@H]1CN(Cc2ccccc2)C[C@@H]1C1(NC(=O)OC(C)(C)C)CC1. The van der Waals surface area contributed by atoms with Crippen molar-refractivity contribution in [3.63, 3.8) is 0 Å². The third kappa shape index (κ3) is 5.04. The summed E-state index contributed by atoms with van der Waals surface area (Å²) in [6.07, 6.45) is 1.33. The molecule has 3 rings (SSSR count). The van der Waals surface area contributed by atoms with E-state index in [9.17, 15) is 9.59 Å². The van der Waals surface area contributed by atoms with Crippen molar-refractivity contribution in [2.75, 3.05) is 19.7 Å². The number of esters is 1. The predicted molar refractivity (Wildman–Crippen MR) is 107 cm³/mol. The molecule has 0 aromatic heterocycles. The second kappa shape index (κ2) is 8.11. The first kappa shape index (κ1) is 20.6. The van der Waals surface area contributed by atoms with Crippen molar-refractivity contribution >= 4 is 12.1 Å². The fourth-order valence-corrected chi connectivity index (χ4v) is 4.13. The highest BCUT2D eigenvalue weighted by molar-refractivity contribution is 5.75. The summed E-state index contributed by atoms with van der Waals surface area (Å²) in [5.41, 5.74) is 0.302. The third-order valence-electron chi connectivity index (χ3n) is 5.48. The highest BCUT2D eigenvalue weighted by atomic mass is 16.6. The predicted octanol–water partition coefficient (Wildman–Crippen LogP) is 3.36. The van der Waals surface area contributed by atoms with E-state index in [1.165, 1.54) is 5.56 Å². The van der Waals surface area contributed by atoms with Gasteiger partial charge in [0, 0.05) is 31.1 Å². The van der Waals surface area contributed by atoms with E-state index in [2.05, 4.69) is 22.3 Å². The van der Waals surface area contributed by atoms with Gasteiger partial charge in [0.05, 0.1) is 12.5 Å². The molecule has 1 saturated carbocycles. The zero-order chi connectivity index (χ0) is 20.4. The molecule has 2 fully saturated rings. The van der Waals surface area contributed by atoms with Crippen LogP contribution in [0.1, 0.15) is 46.1 Å². The Bertz CT molecular complexity index is 694. The number of benzene rings is 1. The van der Waals surface area contributed by atoms with Crippen LogP contribution in [0.15, 0.2) is 30.3 Å². The van der Waals surface area contributed by atoms with Crippen molar-refractivity contribution in [3.05, 3.63) is 35.9 Å². The number of carbonyl (C=O) groups excluding carboxylic acids is 2. The van der Waals surface area contributed by atoms with Crippen LogP contribution >= 0.6 is 0 Å². The average molecular weight is 389 g/mol. The standard InChI is InChI=1S/C22H32N2O4/c1-5-27-19(25)17-14-24(13-16-9-7-6-8-10-16)15-18(17)22(11-12-22)23-20(26)28-21(2,3)4/h6-10,17-18H,5,11-15H2,1-4H3,(H,23,26)/t17-,18-/m0/s1. The summed E-state index contributed by atoms with van der Waals surface area (Å²) in [7, 11) is 0. The molecule has 0 unspecified atom stereocenters. The zero-order valence-electron chi connectivity index (χ0n) is 17.4. The number of alkyl carbamates (subject to hydrolysis) is 1. The van der Waals surface area contributed by atoms with E-state index in [1.54, 1.807) is 0 Å². The van der Waals surface area contributed by atoms with Crippen LogP contribution in [0.25, 0.3) is 0 Å². The molecule has 0 bridgehead atoms. The van der Waals surface area contributed by atoms with Crippen molar-refractivity contribution in [1.82, 2.24) is 10.2 Å². The second-order valence-electron chi connectivity index (χ2n) is 8.93. The number of rotatable bonds is 6. The van der Waals surface area contributed by atoms with Gasteiger partial charge in [0.15, 0.2) is 0 Å². The molecule has 1 N–H and O–H groups in total. The Morgan fingerprint density at radius 1 is 1.18 bits per heavy atom. The van der Waals surface area contributed by atoms with Crippen molar-refractivity contribution in [2.24, 2.45) is 11.8 Å². The largest absolute Gasteiger partial charge is 0.466 e. The quantitative estimate of drug-likeness (QED) is 0.757. The van der Waals surface area contributed by atoms with Gasteiger partial charge in [-0.05, 0) is 46.1 Å². The van der Waals surface area contributed by atoms with Crippen LogP contribution in [0.2, 0.25) is 0 Å². The van der Waals surface area contributed by atoms with Crippen LogP contribution in [0.4, 0.5) is 4.79 Å². The van der Waals surface area contributed by atoms with Crippen molar-refractivity contribution in [2.45, 2.75) is 58.2 Å². The lowest BCUT2D eigenvalue weighted by molar-refractivity contribution is -0.149. The smallest absolute Gasteiger partial charge is 0.408 e. The van der Waals surface area contributed by atoms with Crippen LogP contribution < -0.4 is 5.32 Å². The molecule has 0 radical (unpaired) electrons. The molecule has 2 aliphatic rings. The highest BCUT2D eigenvalue weighted by Crippen LogP contribution is 2.49. The number of nitrogens with zero attached hydrogens (tertiary/aromatic N) is 1. The van der Waals surface area contributed by atoms with Gasteiger partial charge in [-0.1, -0.05) is 30.3 Å². The van der Waals surface area contributed by atoms with Gasteiger partial charge in [0.2, 0.25) is 0 Å². The number of likely N-dealkylation sites (tertiary alicyclic amines) is 1. The Morgan fingerprint density at radius 2 is 1.86 bits per heavy atom. The third-order valence-corrected chi connectivity index (χ3v) is 5.48. The second-order valence-corrected chi connectivity index (χ2v) is 8.93. The maximum atomic E-state index is 12.6. The van der Waals surface area contributed by atoms with Gasteiger partial charge in [-0.25, -0.2) is 4.79 Å². The van der Waals surface area contributed by atoms with Gasteiger partial charge in [0.1, 0.15) is 5.60 Å². The number of ether oxygens (including phenoxy) is 2. The Balaban J connectivity index is 1.72. The van der Waals surface area contributed by atoms with E-state index in [4.69, 9.17) is 9.47 Å². The molecular weight excluding hydrogens is 356 g/mol. The molecule has 1 heterocycles. The number of hydrogen-bond acceptors (Lipinski definition) is 5. The number of amides is 1. The Kier molecular flexibility index (Phi) is 5.98. The summed E-state index contributed by atoms with van der Waals surface area (Å²) < 4.78 is 10.8. The Morgan fingerprint density at radius 3 is 2.43 bits per heavy atom. The molecule has 2 atom stereocenters. The normalized spacial score (nSPS) is 23.9. The van der Waals surface area contributed by atoms with Crippen LogP contribution in [-0.2, 0) is 20.8 Å². The number of nitrogens with one attached hydrogen (secondary N) is 1. The minimum Gasteiger partial charge on any atom is -0.466 e. The van der Waals surface area contributed by atoms with E-state index in [1.807, 2.05) is 45.9 Å². The molecule has 6 heteroatoms. The molecule has 1 saturated heterocycles. The number of carbonyl (C=O) groups is 2. The maximum absolute atomic E-state index is 12.6. The van der Waals surface area contributed by atoms with Crippen molar-refractivity contribution in [3.8, 4) is 0 Å². The monoisotopic (exact) mass is 388 g/mol. The lowest BCUT2D eigenvalue weighted by atomic mass is 9.87. The summed E-state index contributed by atoms with van der Waals surface area (Å²) >= 11 is 0.